The van der Waals surface area contributed by atoms with Gasteiger partial charge >= 0.3 is 18.0 Å². The summed E-state index contributed by atoms with van der Waals surface area (Å²) in [5, 5.41) is 11.7. The van der Waals surface area contributed by atoms with Crippen molar-refractivity contribution in [1.29, 1.82) is 0 Å². The molecule has 0 heterocycles. The van der Waals surface area contributed by atoms with Gasteiger partial charge in [-0.1, -0.05) is 6.92 Å². The summed E-state index contributed by atoms with van der Waals surface area (Å²) in [7, 11) is 1.54. The van der Waals surface area contributed by atoms with E-state index in [1.165, 1.54) is 4.90 Å². The van der Waals surface area contributed by atoms with Gasteiger partial charge in [0.15, 0.2) is 0 Å². The molecule has 0 aliphatic rings. The van der Waals surface area contributed by atoms with Crippen LogP contribution < -0.4 is 5.32 Å². The van der Waals surface area contributed by atoms with Gasteiger partial charge in [-0.2, -0.15) is 0 Å². The molecular formula is C13H24N2O5. The standard InChI is InChI=1S/C13H24N2O5/c1-5-13(3,11(17)18)9-14-12(19)15(4)8-7-10(16)20-6-2/h5-9H2,1-4H3,(H,14,19)(H,17,18). The first kappa shape index (κ1) is 18.2. The molecule has 0 bridgehead atoms. The number of nitrogens with zero attached hydrogens (tertiary/aromatic N) is 1. The summed E-state index contributed by atoms with van der Waals surface area (Å²) in [6.07, 6.45) is 0.525. The van der Waals surface area contributed by atoms with Gasteiger partial charge in [-0.3, -0.25) is 9.59 Å². The number of urea groups is 1. The zero-order valence-electron chi connectivity index (χ0n) is 12.6. The number of esters is 1. The molecule has 0 aromatic carbocycles. The maximum absolute atomic E-state index is 11.8. The maximum atomic E-state index is 11.8. The van der Waals surface area contributed by atoms with Crippen LogP contribution in [0.25, 0.3) is 0 Å². The lowest BCUT2D eigenvalue weighted by Gasteiger charge is -2.25. The van der Waals surface area contributed by atoms with E-state index in [0.29, 0.717) is 13.0 Å². The molecular weight excluding hydrogens is 264 g/mol. The molecule has 2 amide bonds. The summed E-state index contributed by atoms with van der Waals surface area (Å²) in [6, 6.07) is -0.407. The lowest BCUT2D eigenvalue weighted by molar-refractivity contribution is -0.147. The third-order valence-corrected chi connectivity index (χ3v) is 3.23. The van der Waals surface area contributed by atoms with Crippen LogP contribution in [0.4, 0.5) is 4.79 Å². The Kier molecular flexibility index (Phi) is 7.64. The topological polar surface area (TPSA) is 95.9 Å². The monoisotopic (exact) mass is 288 g/mol. The Hall–Kier alpha value is -1.79. The van der Waals surface area contributed by atoms with Gasteiger partial charge < -0.3 is 20.1 Å². The SMILES string of the molecule is CCOC(=O)CCN(C)C(=O)NCC(C)(CC)C(=O)O. The largest absolute Gasteiger partial charge is 0.481 e. The molecule has 116 valence electrons. The number of carbonyl (C=O) groups is 3. The van der Waals surface area contributed by atoms with E-state index in [2.05, 4.69) is 5.32 Å². The quantitative estimate of drug-likeness (QED) is 0.652. The second kappa shape index (κ2) is 8.39. The summed E-state index contributed by atoms with van der Waals surface area (Å²) < 4.78 is 4.76. The van der Waals surface area contributed by atoms with Gasteiger partial charge in [-0.25, -0.2) is 4.79 Å². The van der Waals surface area contributed by atoms with Crippen molar-refractivity contribution in [3.63, 3.8) is 0 Å². The highest BCUT2D eigenvalue weighted by molar-refractivity contribution is 5.78. The number of ether oxygens (including phenoxy) is 1. The number of hydrogen-bond acceptors (Lipinski definition) is 4. The van der Waals surface area contributed by atoms with E-state index in [0.717, 1.165) is 0 Å². The van der Waals surface area contributed by atoms with Crippen LogP contribution >= 0.6 is 0 Å². The number of amides is 2. The van der Waals surface area contributed by atoms with E-state index >= 15 is 0 Å². The van der Waals surface area contributed by atoms with E-state index in [-0.39, 0.29) is 25.5 Å². The van der Waals surface area contributed by atoms with Crippen molar-refractivity contribution < 1.29 is 24.2 Å². The predicted octanol–water partition coefficient (Wildman–Crippen LogP) is 1.08. The molecule has 0 aliphatic heterocycles. The molecule has 7 nitrogen and oxygen atoms in total. The number of rotatable bonds is 8. The maximum Gasteiger partial charge on any atom is 0.317 e. The first-order valence-electron chi connectivity index (χ1n) is 6.64. The number of carboxylic acid groups (broad SMARTS) is 1. The van der Waals surface area contributed by atoms with Gasteiger partial charge in [-0.15, -0.1) is 0 Å². The van der Waals surface area contributed by atoms with Gasteiger partial charge in [0.25, 0.3) is 0 Å². The van der Waals surface area contributed by atoms with Crippen molar-refractivity contribution >= 4 is 18.0 Å². The van der Waals surface area contributed by atoms with E-state index in [9.17, 15) is 14.4 Å². The van der Waals surface area contributed by atoms with Gasteiger partial charge in [-0.05, 0) is 20.3 Å². The highest BCUT2D eigenvalue weighted by Gasteiger charge is 2.31. The molecule has 1 unspecified atom stereocenters. The fourth-order valence-corrected chi connectivity index (χ4v) is 1.35. The molecule has 0 aromatic rings. The third kappa shape index (κ3) is 5.90. The fraction of sp³-hybridized carbons (Fsp3) is 0.769. The Bertz CT molecular complexity index is 359. The smallest absolute Gasteiger partial charge is 0.317 e. The summed E-state index contributed by atoms with van der Waals surface area (Å²) in [5.41, 5.74) is -0.988. The number of hydrogen-bond donors (Lipinski definition) is 2. The van der Waals surface area contributed by atoms with Crippen molar-refractivity contribution in [2.75, 3.05) is 26.7 Å². The molecule has 2 N–H and O–H groups in total. The molecule has 20 heavy (non-hydrogen) atoms. The number of carboxylic acids is 1. The lowest BCUT2D eigenvalue weighted by Crippen LogP contribution is -2.45. The molecule has 1 atom stereocenters. The zero-order chi connectivity index (χ0) is 15.8. The van der Waals surface area contributed by atoms with Crippen molar-refractivity contribution in [3.05, 3.63) is 0 Å². The third-order valence-electron chi connectivity index (χ3n) is 3.23. The Balaban J connectivity index is 4.20. The van der Waals surface area contributed by atoms with Crippen LogP contribution in [0.15, 0.2) is 0 Å². The zero-order valence-corrected chi connectivity index (χ0v) is 12.6. The predicted molar refractivity (Wildman–Crippen MR) is 73.3 cm³/mol. The lowest BCUT2D eigenvalue weighted by atomic mass is 9.88. The van der Waals surface area contributed by atoms with Gasteiger partial charge in [0, 0.05) is 20.1 Å². The summed E-state index contributed by atoms with van der Waals surface area (Å²) in [4.78, 5) is 35.4. The fourth-order valence-electron chi connectivity index (χ4n) is 1.35. The molecule has 0 aliphatic carbocycles. The number of carbonyl (C=O) groups excluding carboxylic acids is 2. The molecule has 0 radical (unpaired) electrons. The first-order valence-corrected chi connectivity index (χ1v) is 6.64. The Morgan fingerprint density at radius 3 is 2.35 bits per heavy atom. The second-order valence-corrected chi connectivity index (χ2v) is 4.85. The van der Waals surface area contributed by atoms with Gasteiger partial charge in [0.05, 0.1) is 18.4 Å². The van der Waals surface area contributed by atoms with Crippen LogP contribution in [-0.4, -0.2) is 54.7 Å². The molecule has 0 aromatic heterocycles. The minimum Gasteiger partial charge on any atom is -0.481 e. The first-order chi connectivity index (χ1) is 9.26. The Labute approximate surface area is 119 Å². The Morgan fingerprint density at radius 1 is 1.30 bits per heavy atom. The number of nitrogens with one attached hydrogen (secondary N) is 1. The molecule has 7 heteroatoms. The highest BCUT2D eigenvalue weighted by atomic mass is 16.5. The summed E-state index contributed by atoms with van der Waals surface area (Å²) in [5.74, 6) is -1.31. The van der Waals surface area contributed by atoms with Crippen LogP contribution in [0.3, 0.4) is 0 Å². The van der Waals surface area contributed by atoms with Gasteiger partial charge in [0.2, 0.25) is 0 Å². The van der Waals surface area contributed by atoms with E-state index in [4.69, 9.17) is 9.84 Å². The molecule has 0 fully saturated rings. The number of aliphatic carboxylic acids is 1. The molecule has 0 rings (SSSR count). The van der Waals surface area contributed by atoms with Crippen LogP contribution in [0.1, 0.15) is 33.6 Å². The van der Waals surface area contributed by atoms with Crippen molar-refractivity contribution in [1.82, 2.24) is 10.2 Å². The van der Waals surface area contributed by atoms with Crippen LogP contribution in [-0.2, 0) is 14.3 Å². The van der Waals surface area contributed by atoms with E-state index in [1.807, 2.05) is 0 Å². The molecule has 0 saturated heterocycles. The highest BCUT2D eigenvalue weighted by Crippen LogP contribution is 2.19. The van der Waals surface area contributed by atoms with Gasteiger partial charge in [0.1, 0.15) is 0 Å². The van der Waals surface area contributed by atoms with Crippen molar-refractivity contribution in [2.24, 2.45) is 5.41 Å². The molecule has 0 saturated carbocycles. The van der Waals surface area contributed by atoms with E-state index in [1.54, 1.807) is 27.8 Å². The summed E-state index contributed by atoms with van der Waals surface area (Å²) in [6.45, 7) is 5.62. The second-order valence-electron chi connectivity index (χ2n) is 4.85. The van der Waals surface area contributed by atoms with Crippen LogP contribution in [0.5, 0.6) is 0 Å². The molecule has 0 spiro atoms. The van der Waals surface area contributed by atoms with Crippen LogP contribution in [0, 0.1) is 5.41 Å². The normalized spacial score (nSPS) is 13.2. The summed E-state index contributed by atoms with van der Waals surface area (Å²) >= 11 is 0. The minimum atomic E-state index is -0.988. The van der Waals surface area contributed by atoms with Crippen LogP contribution in [0.2, 0.25) is 0 Å². The minimum absolute atomic E-state index is 0.0431. The van der Waals surface area contributed by atoms with Crippen molar-refractivity contribution in [2.45, 2.75) is 33.6 Å². The average Bonchev–Trinajstić information content (AvgIpc) is 2.41. The average molecular weight is 288 g/mol. The van der Waals surface area contributed by atoms with E-state index < -0.39 is 17.4 Å². The van der Waals surface area contributed by atoms with Crippen molar-refractivity contribution in [3.8, 4) is 0 Å². The Morgan fingerprint density at radius 2 is 1.90 bits per heavy atom.